The normalized spacial score (nSPS) is 19.6. The van der Waals surface area contributed by atoms with Gasteiger partial charge in [0.05, 0.1) is 42.2 Å². The summed E-state index contributed by atoms with van der Waals surface area (Å²) < 4.78 is 68.9. The maximum absolute atomic E-state index is 14.2. The molecule has 17 heteroatoms. The van der Waals surface area contributed by atoms with Crippen molar-refractivity contribution < 1.29 is 51.5 Å². The zero-order chi connectivity index (χ0) is 49.6. The summed E-state index contributed by atoms with van der Waals surface area (Å²) in [6.07, 6.45) is 0.958. The van der Waals surface area contributed by atoms with Crippen LogP contribution in [-0.2, 0) is 37.2 Å². The zero-order valence-corrected chi connectivity index (χ0v) is 42.2. The molecule has 0 radical (unpaired) electrons. The number of hydrogen-bond donors (Lipinski definition) is 3. The highest BCUT2D eigenvalue weighted by atomic mass is 32.2. The van der Waals surface area contributed by atoms with Crippen LogP contribution < -0.4 is 30.0 Å². The van der Waals surface area contributed by atoms with Gasteiger partial charge in [-0.25, -0.2) is 13.2 Å². The minimum Gasteiger partial charge on any atom is -0.486 e. The van der Waals surface area contributed by atoms with Gasteiger partial charge in [0.1, 0.15) is 32.5 Å². The number of ether oxygens (including phenoxy) is 7. The van der Waals surface area contributed by atoms with Crippen molar-refractivity contribution in [1.29, 1.82) is 5.26 Å². The molecule has 1 amide bonds. The van der Waals surface area contributed by atoms with E-state index in [1.54, 1.807) is 6.07 Å². The van der Waals surface area contributed by atoms with Gasteiger partial charge < -0.3 is 49.3 Å². The van der Waals surface area contributed by atoms with E-state index >= 15 is 0 Å². The Balaban J connectivity index is 0.000000275. The lowest BCUT2D eigenvalue weighted by Gasteiger charge is -2.35. The number of aliphatic hydroxyl groups excluding tert-OH is 1. The largest absolute Gasteiger partial charge is 0.486 e. The van der Waals surface area contributed by atoms with Crippen LogP contribution in [0.15, 0.2) is 71.6 Å². The lowest BCUT2D eigenvalue weighted by Crippen LogP contribution is -2.52. The summed E-state index contributed by atoms with van der Waals surface area (Å²) >= 11 is 0. The van der Waals surface area contributed by atoms with Crippen LogP contribution in [0.5, 0.6) is 23.0 Å². The molecule has 4 heterocycles. The Morgan fingerprint density at radius 3 is 2.17 bits per heavy atom. The maximum Gasteiger partial charge on any atom is 0.407 e. The van der Waals surface area contributed by atoms with Crippen molar-refractivity contribution in [2.75, 3.05) is 72.4 Å². The zero-order valence-electron chi connectivity index (χ0n) is 41.4. The number of alkyl carbamates (subject to hydrolysis) is 1. The highest BCUT2D eigenvalue weighted by molar-refractivity contribution is 7.89. The molecule has 0 bridgehead atoms. The maximum atomic E-state index is 14.2. The van der Waals surface area contributed by atoms with Crippen LogP contribution >= 0.6 is 0 Å². The lowest BCUT2D eigenvalue weighted by molar-refractivity contribution is -0.0907. The summed E-state index contributed by atoms with van der Waals surface area (Å²) in [6.45, 7) is 19.3. The molecule has 69 heavy (non-hydrogen) atoms. The first kappa shape index (κ1) is 53.7. The number of amides is 1. The van der Waals surface area contributed by atoms with Crippen LogP contribution in [0.3, 0.4) is 0 Å². The first-order valence-corrected chi connectivity index (χ1v) is 25.9. The van der Waals surface area contributed by atoms with Crippen molar-refractivity contribution in [3.8, 4) is 29.1 Å². The van der Waals surface area contributed by atoms with Crippen LogP contribution in [0.4, 0.5) is 4.79 Å². The number of nitriles is 1. The second-order valence-corrected chi connectivity index (χ2v) is 22.4. The van der Waals surface area contributed by atoms with E-state index in [2.05, 4.69) is 56.1 Å². The highest BCUT2D eigenvalue weighted by Gasteiger charge is 2.44. The van der Waals surface area contributed by atoms with E-state index < -0.39 is 46.1 Å². The number of hydrogen-bond acceptors (Lipinski definition) is 14. The van der Waals surface area contributed by atoms with Crippen molar-refractivity contribution in [3.05, 3.63) is 77.9 Å². The van der Waals surface area contributed by atoms with Gasteiger partial charge in [-0.1, -0.05) is 77.9 Å². The molecule has 4 aliphatic rings. The summed E-state index contributed by atoms with van der Waals surface area (Å²) in [5, 5.41) is 23.6. The molecule has 3 aromatic carbocycles. The molecule has 380 valence electrons. The van der Waals surface area contributed by atoms with Crippen molar-refractivity contribution in [1.82, 2.24) is 14.5 Å². The third kappa shape index (κ3) is 15.9. The van der Waals surface area contributed by atoms with E-state index in [0.29, 0.717) is 63.3 Å². The Morgan fingerprint density at radius 2 is 1.51 bits per heavy atom. The summed E-state index contributed by atoms with van der Waals surface area (Å²) in [4.78, 5) is 15.7. The number of aliphatic hydroxyl groups is 1. The number of nitrogens with zero attached hydrogens (tertiary/aromatic N) is 3. The van der Waals surface area contributed by atoms with Gasteiger partial charge in [0, 0.05) is 45.2 Å². The first-order chi connectivity index (χ1) is 32.9. The van der Waals surface area contributed by atoms with E-state index in [4.69, 9.17) is 38.9 Å². The Bertz CT molecular complexity index is 2260. The fourth-order valence-corrected chi connectivity index (χ4v) is 11.0. The predicted octanol–water partition coefficient (Wildman–Crippen LogP) is 6.92. The van der Waals surface area contributed by atoms with Crippen molar-refractivity contribution in [2.45, 2.75) is 116 Å². The first-order valence-electron chi connectivity index (χ1n) is 24.5. The van der Waals surface area contributed by atoms with Crippen molar-refractivity contribution in [3.63, 3.8) is 0 Å². The van der Waals surface area contributed by atoms with Crippen LogP contribution in [0.25, 0.3) is 0 Å². The molecule has 5 atom stereocenters. The van der Waals surface area contributed by atoms with Gasteiger partial charge >= 0.3 is 6.09 Å². The predicted molar refractivity (Wildman–Crippen MR) is 262 cm³/mol. The third-order valence-electron chi connectivity index (χ3n) is 12.7. The minimum atomic E-state index is -4.17. The number of nitrogens with two attached hydrogens (primary N) is 1. The number of sulfonamides is 1. The molecule has 3 aromatic rings. The van der Waals surface area contributed by atoms with Crippen LogP contribution in [0.2, 0.25) is 0 Å². The Hall–Kier alpha value is -4.67. The molecule has 7 rings (SSSR count). The second kappa shape index (κ2) is 24.9. The van der Waals surface area contributed by atoms with Gasteiger partial charge in [-0.2, -0.15) is 9.57 Å². The monoisotopic (exact) mass is 978 g/mol. The molecule has 0 spiro atoms. The molecule has 4 N–H and O–H groups in total. The average Bonchev–Trinajstić information content (AvgIpc) is 3.95. The SMILES string of the molecule is CC(C)(CCC#N)CN(CC(O)[C@H](Cc1ccccc1)NC(=O)OC1COC2OCCC12)S(=O)(=O)c1ccc2c(c1)OCCO2.CC(C)CN(Cc1ccc2c(c1)OCCO2)CC(C)(C)CCCN. The third-order valence-corrected chi connectivity index (χ3v) is 14.5. The van der Waals surface area contributed by atoms with Crippen molar-refractivity contribution in [2.24, 2.45) is 28.4 Å². The van der Waals surface area contributed by atoms with Crippen molar-refractivity contribution >= 4 is 16.1 Å². The van der Waals surface area contributed by atoms with Gasteiger partial charge in [0.2, 0.25) is 10.0 Å². The molecule has 0 saturated carbocycles. The molecule has 0 aliphatic carbocycles. The van der Waals surface area contributed by atoms with E-state index in [0.717, 1.165) is 49.7 Å². The number of fused-ring (bicyclic) bond motifs is 3. The molecular formula is C52H75N5O11S. The quantitative estimate of drug-likeness (QED) is 0.0936. The van der Waals surface area contributed by atoms with E-state index in [-0.39, 0.29) is 48.8 Å². The molecule has 4 unspecified atom stereocenters. The molecule has 2 saturated heterocycles. The van der Waals surface area contributed by atoms with Gasteiger partial charge in [-0.15, -0.1) is 0 Å². The minimum absolute atomic E-state index is 0.0171. The standard InChI is InChI=1S/C32H41N3O9S.C20H34N2O2/c1-32(2,12-6-13-33)21-35(45(38,39)23-9-10-27-28(18-23)41-16-15-40-27)19-26(36)25(17-22-7-4-3-5-8-22)34-31(37)44-29-20-43-30-24(29)11-14-42-30;1-16(2)13-22(15-20(3,4)8-5-9-21)14-17-6-7-18-19(12-17)24-11-10-23-18/h3-5,7-10,18,24-26,29-30,36H,6,11-12,14-17,19-21H2,1-2H3,(H,34,37);6-7,12,16H,5,8-11,13-15,21H2,1-4H3/t24?,25-,26?,29?,30?;/m0./s1. The summed E-state index contributed by atoms with van der Waals surface area (Å²) in [5.41, 5.74) is 7.50. The van der Waals surface area contributed by atoms with Crippen LogP contribution in [-0.4, -0.2) is 126 Å². The fraction of sp³-hybridized carbons (Fsp3) is 0.615. The van der Waals surface area contributed by atoms with Crippen LogP contribution in [0.1, 0.15) is 84.8 Å². The molecular weight excluding hydrogens is 903 g/mol. The summed E-state index contributed by atoms with van der Waals surface area (Å²) in [5.74, 6) is 3.11. The lowest BCUT2D eigenvalue weighted by atomic mass is 9.86. The number of benzene rings is 3. The smallest absolute Gasteiger partial charge is 0.407 e. The highest BCUT2D eigenvalue weighted by Crippen LogP contribution is 2.36. The Labute approximate surface area is 409 Å². The Kier molecular flexibility index (Phi) is 19.4. The summed E-state index contributed by atoms with van der Waals surface area (Å²) in [7, 11) is -4.17. The van der Waals surface area contributed by atoms with E-state index in [1.165, 1.54) is 28.4 Å². The van der Waals surface area contributed by atoms with Gasteiger partial charge in [0.25, 0.3) is 0 Å². The number of rotatable bonds is 22. The van der Waals surface area contributed by atoms with Crippen LogP contribution in [0, 0.1) is 34.0 Å². The van der Waals surface area contributed by atoms with Gasteiger partial charge in [-0.3, -0.25) is 4.90 Å². The second-order valence-electron chi connectivity index (χ2n) is 20.5. The van der Waals surface area contributed by atoms with Gasteiger partial charge in [0.15, 0.2) is 29.3 Å². The van der Waals surface area contributed by atoms with Gasteiger partial charge in [-0.05, 0) is 90.8 Å². The average molecular weight is 978 g/mol. The number of nitrogens with one attached hydrogen (secondary N) is 1. The Morgan fingerprint density at radius 1 is 0.855 bits per heavy atom. The topological polar surface area (TPSA) is 204 Å². The molecule has 4 aliphatic heterocycles. The molecule has 0 aromatic heterocycles. The summed E-state index contributed by atoms with van der Waals surface area (Å²) in [6, 6.07) is 21.3. The number of carbonyl (C=O) groups is 1. The fourth-order valence-electron chi connectivity index (χ4n) is 9.30. The molecule has 2 fully saturated rings. The van der Waals surface area contributed by atoms with E-state index in [9.17, 15) is 23.6 Å². The number of carbonyl (C=O) groups excluding carboxylic acids is 1. The van der Waals surface area contributed by atoms with E-state index in [1.807, 2.05) is 50.2 Å². The molecule has 16 nitrogen and oxygen atoms in total.